The van der Waals surface area contributed by atoms with E-state index in [0.717, 1.165) is 0 Å². The van der Waals surface area contributed by atoms with E-state index >= 15 is 0 Å². The summed E-state index contributed by atoms with van der Waals surface area (Å²) in [6.45, 7) is 3.25. The van der Waals surface area contributed by atoms with Gasteiger partial charge in [-0.05, 0) is 13.8 Å². The number of hydrogen-bond donors (Lipinski definition) is 0. The van der Waals surface area contributed by atoms with E-state index in [-0.39, 0.29) is 11.7 Å². The number of halogens is 1. The molecule has 0 bridgehead atoms. The molecule has 1 aromatic heterocycles. The molecule has 0 saturated heterocycles. The molecule has 1 heterocycles. The molecule has 0 unspecified atom stereocenters. The lowest BCUT2D eigenvalue weighted by Gasteiger charge is -2.06. The summed E-state index contributed by atoms with van der Waals surface area (Å²) < 4.78 is 18.6. The first-order valence-electron chi connectivity index (χ1n) is 4.45. The minimum Gasteiger partial charge on any atom is -0.461 e. The lowest BCUT2D eigenvalue weighted by Crippen LogP contribution is -2.06. The SMILES string of the molecule is CCOC(=O)c1cn([C@@H](C)CF)cn1. The number of aromatic nitrogens is 2. The van der Waals surface area contributed by atoms with Gasteiger partial charge in [-0.2, -0.15) is 0 Å². The number of imidazole rings is 1. The van der Waals surface area contributed by atoms with Crippen LogP contribution >= 0.6 is 0 Å². The Balaban J connectivity index is 2.72. The molecule has 78 valence electrons. The van der Waals surface area contributed by atoms with Crippen LogP contribution in [0.5, 0.6) is 0 Å². The van der Waals surface area contributed by atoms with Crippen molar-refractivity contribution in [1.82, 2.24) is 9.55 Å². The molecule has 5 heteroatoms. The number of hydrogen-bond acceptors (Lipinski definition) is 3. The second-order valence-corrected chi connectivity index (χ2v) is 2.93. The highest BCUT2D eigenvalue weighted by Crippen LogP contribution is 2.07. The molecule has 0 saturated carbocycles. The van der Waals surface area contributed by atoms with Gasteiger partial charge in [-0.1, -0.05) is 0 Å². The van der Waals surface area contributed by atoms with Crippen molar-refractivity contribution in [3.63, 3.8) is 0 Å². The zero-order valence-electron chi connectivity index (χ0n) is 8.24. The zero-order chi connectivity index (χ0) is 10.6. The summed E-state index contributed by atoms with van der Waals surface area (Å²) in [6.07, 6.45) is 2.92. The average Bonchev–Trinajstić information content (AvgIpc) is 2.66. The topological polar surface area (TPSA) is 44.1 Å². The van der Waals surface area contributed by atoms with Gasteiger partial charge < -0.3 is 9.30 Å². The summed E-state index contributed by atoms with van der Waals surface area (Å²) in [5.74, 6) is -0.475. The molecule has 0 aromatic carbocycles. The third-order valence-corrected chi connectivity index (χ3v) is 1.82. The summed E-state index contributed by atoms with van der Waals surface area (Å²) in [5.41, 5.74) is 0.215. The van der Waals surface area contributed by atoms with E-state index in [4.69, 9.17) is 4.74 Å². The van der Waals surface area contributed by atoms with E-state index in [1.54, 1.807) is 18.4 Å². The molecule has 0 aliphatic carbocycles. The molecule has 0 radical (unpaired) electrons. The molecule has 1 rings (SSSR count). The van der Waals surface area contributed by atoms with Crippen LogP contribution in [0, 0.1) is 0 Å². The van der Waals surface area contributed by atoms with Crippen molar-refractivity contribution in [2.24, 2.45) is 0 Å². The molecule has 0 fully saturated rings. The molecule has 14 heavy (non-hydrogen) atoms. The summed E-state index contributed by atoms with van der Waals surface area (Å²) in [4.78, 5) is 15.0. The summed E-state index contributed by atoms with van der Waals surface area (Å²) in [6, 6.07) is -0.300. The average molecular weight is 200 g/mol. The Kier molecular flexibility index (Phi) is 3.62. The van der Waals surface area contributed by atoms with Crippen LogP contribution in [0.1, 0.15) is 30.4 Å². The molecular formula is C9H13FN2O2. The van der Waals surface area contributed by atoms with Crippen LogP contribution in [0.3, 0.4) is 0 Å². The fraction of sp³-hybridized carbons (Fsp3) is 0.556. The van der Waals surface area contributed by atoms with Gasteiger partial charge in [0.2, 0.25) is 0 Å². The normalized spacial score (nSPS) is 12.5. The van der Waals surface area contributed by atoms with Gasteiger partial charge in [0.05, 0.1) is 19.0 Å². The number of esters is 1. The van der Waals surface area contributed by atoms with Gasteiger partial charge in [0.25, 0.3) is 0 Å². The van der Waals surface area contributed by atoms with Crippen LogP contribution in [0.2, 0.25) is 0 Å². The van der Waals surface area contributed by atoms with Crippen molar-refractivity contribution in [3.8, 4) is 0 Å². The first-order chi connectivity index (χ1) is 6.69. The van der Waals surface area contributed by atoms with Gasteiger partial charge in [0, 0.05) is 6.20 Å². The van der Waals surface area contributed by atoms with E-state index in [2.05, 4.69) is 4.98 Å². The second-order valence-electron chi connectivity index (χ2n) is 2.93. The van der Waals surface area contributed by atoms with E-state index in [1.807, 2.05) is 0 Å². The van der Waals surface area contributed by atoms with Crippen molar-refractivity contribution in [2.75, 3.05) is 13.3 Å². The largest absolute Gasteiger partial charge is 0.461 e. The predicted octanol–water partition coefficient (Wildman–Crippen LogP) is 1.59. The Labute approximate surface area is 81.7 Å². The van der Waals surface area contributed by atoms with Gasteiger partial charge >= 0.3 is 5.97 Å². The summed E-state index contributed by atoms with van der Waals surface area (Å²) in [7, 11) is 0. The number of alkyl halides is 1. The first-order valence-corrected chi connectivity index (χ1v) is 4.45. The van der Waals surface area contributed by atoms with Crippen LogP contribution in [0.25, 0.3) is 0 Å². The van der Waals surface area contributed by atoms with Crippen LogP contribution < -0.4 is 0 Å². The summed E-state index contributed by atoms with van der Waals surface area (Å²) in [5, 5.41) is 0. The Morgan fingerprint density at radius 1 is 1.79 bits per heavy atom. The number of ether oxygens (including phenoxy) is 1. The van der Waals surface area contributed by atoms with Gasteiger partial charge in [0.1, 0.15) is 6.67 Å². The molecule has 0 aliphatic rings. The fourth-order valence-corrected chi connectivity index (χ4v) is 0.968. The highest BCUT2D eigenvalue weighted by molar-refractivity contribution is 5.86. The van der Waals surface area contributed by atoms with Crippen molar-refractivity contribution in [2.45, 2.75) is 19.9 Å². The molecule has 0 amide bonds. The monoisotopic (exact) mass is 200 g/mol. The van der Waals surface area contributed by atoms with Gasteiger partial charge in [-0.15, -0.1) is 0 Å². The van der Waals surface area contributed by atoms with E-state index in [9.17, 15) is 9.18 Å². The number of nitrogens with zero attached hydrogens (tertiary/aromatic N) is 2. The molecule has 0 spiro atoms. The maximum absolute atomic E-state index is 12.3. The molecule has 0 N–H and O–H groups in total. The fourth-order valence-electron chi connectivity index (χ4n) is 0.968. The Bertz CT molecular complexity index is 312. The predicted molar refractivity (Wildman–Crippen MR) is 48.9 cm³/mol. The Morgan fingerprint density at radius 2 is 2.50 bits per heavy atom. The lowest BCUT2D eigenvalue weighted by atomic mass is 10.4. The van der Waals surface area contributed by atoms with Crippen LogP contribution in [0.15, 0.2) is 12.5 Å². The number of carbonyl (C=O) groups excluding carboxylic acids is 1. The van der Waals surface area contributed by atoms with Gasteiger partial charge in [0.15, 0.2) is 5.69 Å². The Morgan fingerprint density at radius 3 is 3.07 bits per heavy atom. The smallest absolute Gasteiger partial charge is 0.358 e. The minimum atomic E-state index is -0.487. The van der Waals surface area contributed by atoms with E-state index in [0.29, 0.717) is 6.61 Å². The highest BCUT2D eigenvalue weighted by Gasteiger charge is 2.12. The van der Waals surface area contributed by atoms with Crippen LogP contribution in [-0.2, 0) is 4.74 Å². The molecule has 0 aliphatic heterocycles. The number of rotatable bonds is 4. The van der Waals surface area contributed by atoms with E-state index < -0.39 is 12.6 Å². The first kappa shape index (κ1) is 10.7. The maximum atomic E-state index is 12.3. The minimum absolute atomic E-state index is 0.215. The van der Waals surface area contributed by atoms with Gasteiger partial charge in [-0.3, -0.25) is 0 Å². The lowest BCUT2D eigenvalue weighted by molar-refractivity contribution is 0.0520. The molecule has 1 aromatic rings. The molecule has 4 nitrogen and oxygen atoms in total. The van der Waals surface area contributed by atoms with Crippen molar-refractivity contribution >= 4 is 5.97 Å². The maximum Gasteiger partial charge on any atom is 0.358 e. The zero-order valence-corrected chi connectivity index (χ0v) is 8.24. The molecule has 1 atom stereocenters. The van der Waals surface area contributed by atoms with Crippen molar-refractivity contribution in [1.29, 1.82) is 0 Å². The van der Waals surface area contributed by atoms with Crippen LogP contribution in [-0.4, -0.2) is 28.8 Å². The van der Waals surface area contributed by atoms with Gasteiger partial charge in [-0.25, -0.2) is 14.2 Å². The third-order valence-electron chi connectivity index (χ3n) is 1.82. The highest BCUT2D eigenvalue weighted by atomic mass is 19.1. The number of carbonyl (C=O) groups is 1. The quantitative estimate of drug-likeness (QED) is 0.693. The summed E-state index contributed by atoms with van der Waals surface area (Å²) >= 11 is 0. The van der Waals surface area contributed by atoms with Crippen molar-refractivity contribution < 1.29 is 13.9 Å². The van der Waals surface area contributed by atoms with Crippen LogP contribution in [0.4, 0.5) is 4.39 Å². The third kappa shape index (κ3) is 2.31. The van der Waals surface area contributed by atoms with Crippen molar-refractivity contribution in [3.05, 3.63) is 18.2 Å². The van der Waals surface area contributed by atoms with E-state index in [1.165, 1.54) is 12.5 Å². The second kappa shape index (κ2) is 4.74. The molecular weight excluding hydrogens is 187 g/mol. The Hall–Kier alpha value is -1.39. The standard InChI is InChI=1S/C9H13FN2O2/c1-3-14-9(13)8-5-12(6-11-8)7(2)4-10/h5-7H,3-4H2,1-2H3/t7-/m0/s1.